The molecule has 1 saturated heterocycles. The van der Waals surface area contributed by atoms with Crippen LogP contribution in [0.4, 0.5) is 24.5 Å². The van der Waals surface area contributed by atoms with Gasteiger partial charge < -0.3 is 20.1 Å². The molecule has 0 unspecified atom stereocenters. The van der Waals surface area contributed by atoms with Crippen molar-refractivity contribution in [3.8, 4) is 0 Å². The van der Waals surface area contributed by atoms with Crippen LogP contribution in [-0.4, -0.2) is 41.0 Å². The van der Waals surface area contributed by atoms with Crippen LogP contribution >= 0.6 is 0 Å². The predicted octanol–water partition coefficient (Wildman–Crippen LogP) is 2.63. The van der Waals surface area contributed by atoms with E-state index in [0.717, 1.165) is 10.3 Å². The Morgan fingerprint density at radius 1 is 1.13 bits per heavy atom. The van der Waals surface area contributed by atoms with Crippen LogP contribution in [0.2, 0.25) is 0 Å². The van der Waals surface area contributed by atoms with Gasteiger partial charge in [0.1, 0.15) is 6.54 Å². The minimum absolute atomic E-state index is 0.0633. The molecule has 0 aliphatic carbocycles. The van der Waals surface area contributed by atoms with Gasteiger partial charge in [-0.1, -0.05) is 12.1 Å². The van der Waals surface area contributed by atoms with E-state index >= 15 is 0 Å². The summed E-state index contributed by atoms with van der Waals surface area (Å²) in [5.74, 6) is -1.78. The van der Waals surface area contributed by atoms with Gasteiger partial charge in [0.25, 0.3) is 0 Å². The van der Waals surface area contributed by atoms with Gasteiger partial charge in [0.2, 0.25) is 17.6 Å². The topological polar surface area (TPSA) is 79.3 Å². The van der Waals surface area contributed by atoms with Gasteiger partial charge in [-0.05, 0) is 36.4 Å². The number of alkyl halides is 3. The molecule has 4 rings (SSSR count). The second-order valence-electron chi connectivity index (χ2n) is 6.87. The molecule has 2 aromatic carbocycles. The Bertz CT molecular complexity index is 1090. The van der Waals surface area contributed by atoms with Crippen molar-refractivity contribution in [3.05, 3.63) is 54.4 Å². The molecule has 0 saturated carbocycles. The summed E-state index contributed by atoms with van der Waals surface area (Å²) in [7, 11) is 0. The minimum atomic E-state index is -4.68. The third-order valence-corrected chi connectivity index (χ3v) is 4.76. The highest BCUT2D eigenvalue weighted by Gasteiger charge is 2.38. The first-order valence-corrected chi connectivity index (χ1v) is 9.25. The summed E-state index contributed by atoms with van der Waals surface area (Å²) >= 11 is 0. The lowest BCUT2D eigenvalue weighted by Crippen LogP contribution is -2.47. The maximum absolute atomic E-state index is 13.4. The molecule has 1 aliphatic rings. The van der Waals surface area contributed by atoms with Gasteiger partial charge in [0.15, 0.2) is 0 Å². The SMILES string of the molecule is O=C1CN(c2ccc(NC(=O)Cn3c(C(F)(F)F)nc4ccccc43)cc2)CCN1. The molecule has 1 aliphatic heterocycles. The first kappa shape index (κ1) is 19.7. The van der Waals surface area contributed by atoms with Crippen LogP contribution in [0, 0.1) is 0 Å². The zero-order chi connectivity index (χ0) is 21.3. The number of nitrogens with one attached hydrogen (secondary N) is 2. The quantitative estimate of drug-likeness (QED) is 0.684. The van der Waals surface area contributed by atoms with Crippen LogP contribution in [0.25, 0.3) is 11.0 Å². The number of amides is 2. The van der Waals surface area contributed by atoms with E-state index in [-0.39, 0.29) is 23.5 Å². The molecule has 0 radical (unpaired) electrons. The number of halogens is 3. The van der Waals surface area contributed by atoms with E-state index in [1.165, 1.54) is 12.1 Å². The fourth-order valence-electron chi connectivity index (χ4n) is 3.41. The average molecular weight is 417 g/mol. The number of hydrogen-bond donors (Lipinski definition) is 2. The van der Waals surface area contributed by atoms with Crippen molar-refractivity contribution in [2.24, 2.45) is 0 Å². The molecule has 0 spiro atoms. The number of fused-ring (bicyclic) bond motifs is 1. The molecule has 10 heteroatoms. The minimum Gasteiger partial charge on any atom is -0.360 e. The maximum atomic E-state index is 13.4. The van der Waals surface area contributed by atoms with E-state index in [2.05, 4.69) is 15.6 Å². The number of rotatable bonds is 4. The van der Waals surface area contributed by atoms with Gasteiger partial charge in [0, 0.05) is 24.5 Å². The second kappa shape index (κ2) is 7.69. The van der Waals surface area contributed by atoms with Gasteiger partial charge in [-0.2, -0.15) is 13.2 Å². The lowest BCUT2D eigenvalue weighted by molar-refractivity contribution is -0.147. The van der Waals surface area contributed by atoms with Crippen LogP contribution in [0.1, 0.15) is 5.82 Å². The monoisotopic (exact) mass is 417 g/mol. The van der Waals surface area contributed by atoms with Crippen molar-refractivity contribution in [2.45, 2.75) is 12.7 Å². The molecule has 2 N–H and O–H groups in total. The zero-order valence-electron chi connectivity index (χ0n) is 15.7. The molecule has 1 fully saturated rings. The Labute approximate surface area is 169 Å². The number of anilines is 2. The first-order valence-electron chi connectivity index (χ1n) is 9.25. The number of piperazine rings is 1. The molecule has 30 heavy (non-hydrogen) atoms. The molecular formula is C20H18F3N5O2. The molecule has 2 amide bonds. The van der Waals surface area contributed by atoms with Gasteiger partial charge in [-0.25, -0.2) is 4.98 Å². The van der Waals surface area contributed by atoms with Gasteiger partial charge in [-0.3, -0.25) is 9.59 Å². The highest BCUT2D eigenvalue weighted by molar-refractivity contribution is 5.92. The van der Waals surface area contributed by atoms with Crippen LogP contribution < -0.4 is 15.5 Å². The summed E-state index contributed by atoms with van der Waals surface area (Å²) in [5, 5.41) is 5.35. The van der Waals surface area contributed by atoms with Crippen molar-refractivity contribution in [3.63, 3.8) is 0 Å². The molecule has 3 aromatic rings. The van der Waals surface area contributed by atoms with Crippen molar-refractivity contribution >= 4 is 34.2 Å². The normalized spacial score (nSPS) is 14.6. The Morgan fingerprint density at radius 2 is 1.87 bits per heavy atom. The van der Waals surface area contributed by atoms with Crippen LogP contribution in [0.15, 0.2) is 48.5 Å². The fraction of sp³-hybridized carbons (Fsp3) is 0.250. The van der Waals surface area contributed by atoms with E-state index in [4.69, 9.17) is 0 Å². The maximum Gasteiger partial charge on any atom is 0.449 e. The van der Waals surface area contributed by atoms with E-state index in [9.17, 15) is 22.8 Å². The summed E-state index contributed by atoms with van der Waals surface area (Å²) < 4.78 is 41.0. The average Bonchev–Trinajstić information content (AvgIpc) is 3.07. The Morgan fingerprint density at radius 3 is 2.57 bits per heavy atom. The van der Waals surface area contributed by atoms with Gasteiger partial charge in [0.05, 0.1) is 17.6 Å². The third kappa shape index (κ3) is 4.07. The Kier molecular flexibility index (Phi) is 5.06. The fourth-order valence-corrected chi connectivity index (χ4v) is 3.41. The summed E-state index contributed by atoms with van der Waals surface area (Å²) in [6.45, 7) is 0.951. The number of para-hydroxylation sites is 2. The molecule has 1 aromatic heterocycles. The molecule has 0 atom stereocenters. The van der Waals surface area contributed by atoms with Crippen molar-refractivity contribution < 1.29 is 22.8 Å². The largest absolute Gasteiger partial charge is 0.449 e. The van der Waals surface area contributed by atoms with Crippen LogP contribution in [0.5, 0.6) is 0 Å². The summed E-state index contributed by atoms with van der Waals surface area (Å²) in [6, 6.07) is 13.0. The predicted molar refractivity (Wildman–Crippen MR) is 105 cm³/mol. The van der Waals surface area contributed by atoms with Crippen molar-refractivity contribution in [1.29, 1.82) is 0 Å². The van der Waals surface area contributed by atoms with E-state index in [0.29, 0.717) is 18.8 Å². The number of carbonyl (C=O) groups is 2. The van der Waals surface area contributed by atoms with Gasteiger partial charge >= 0.3 is 6.18 Å². The standard InChI is InChI=1S/C20H18F3N5O2/c21-20(22,23)19-26-15-3-1-2-4-16(15)28(19)12-18(30)25-13-5-7-14(8-6-13)27-10-9-24-17(29)11-27/h1-8H,9-12H2,(H,24,29)(H,25,30). The van der Waals surface area contributed by atoms with Crippen LogP contribution in [-0.2, 0) is 22.3 Å². The van der Waals surface area contributed by atoms with E-state index < -0.39 is 24.5 Å². The molecule has 0 bridgehead atoms. The zero-order valence-corrected chi connectivity index (χ0v) is 15.7. The number of carbonyl (C=O) groups excluding carboxylic acids is 2. The highest BCUT2D eigenvalue weighted by atomic mass is 19.4. The molecule has 156 valence electrons. The summed E-state index contributed by atoms with van der Waals surface area (Å²) in [5.41, 5.74) is 1.68. The van der Waals surface area contributed by atoms with E-state index in [1.54, 1.807) is 36.4 Å². The number of aromatic nitrogens is 2. The van der Waals surface area contributed by atoms with Crippen LogP contribution in [0.3, 0.4) is 0 Å². The summed E-state index contributed by atoms with van der Waals surface area (Å²) in [4.78, 5) is 29.5. The molecule has 2 heterocycles. The Hall–Kier alpha value is -3.56. The number of hydrogen-bond acceptors (Lipinski definition) is 4. The number of benzene rings is 2. The molecule has 7 nitrogen and oxygen atoms in total. The summed E-state index contributed by atoms with van der Waals surface area (Å²) in [6.07, 6.45) is -4.68. The second-order valence-corrected chi connectivity index (χ2v) is 6.87. The lowest BCUT2D eigenvalue weighted by Gasteiger charge is -2.28. The van der Waals surface area contributed by atoms with Crippen molar-refractivity contribution in [1.82, 2.24) is 14.9 Å². The van der Waals surface area contributed by atoms with Crippen molar-refractivity contribution in [2.75, 3.05) is 29.9 Å². The lowest BCUT2D eigenvalue weighted by atomic mass is 10.2. The first-order chi connectivity index (χ1) is 14.3. The number of nitrogens with zero attached hydrogens (tertiary/aromatic N) is 3. The third-order valence-electron chi connectivity index (χ3n) is 4.76. The molecular weight excluding hydrogens is 399 g/mol. The van der Waals surface area contributed by atoms with Gasteiger partial charge in [-0.15, -0.1) is 0 Å². The van der Waals surface area contributed by atoms with E-state index in [1.807, 2.05) is 4.90 Å². The number of imidazole rings is 1. The Balaban J connectivity index is 1.49. The highest BCUT2D eigenvalue weighted by Crippen LogP contribution is 2.31. The smallest absolute Gasteiger partial charge is 0.360 e.